The van der Waals surface area contributed by atoms with E-state index in [1.807, 2.05) is 0 Å². The predicted molar refractivity (Wildman–Crippen MR) is 90.8 cm³/mol. The van der Waals surface area contributed by atoms with Crippen molar-refractivity contribution in [2.45, 2.75) is 26.2 Å². The van der Waals surface area contributed by atoms with E-state index in [-0.39, 0.29) is 17.0 Å². The molecule has 0 N–H and O–H groups in total. The molecule has 0 aliphatic carbocycles. The molecule has 6 heteroatoms. The summed E-state index contributed by atoms with van der Waals surface area (Å²) in [5.74, 6) is -0.585. The van der Waals surface area contributed by atoms with Gasteiger partial charge in [-0.25, -0.2) is 4.39 Å². The van der Waals surface area contributed by atoms with Crippen molar-refractivity contribution in [3.8, 4) is 0 Å². The van der Waals surface area contributed by atoms with Gasteiger partial charge in [-0.1, -0.05) is 6.07 Å². The standard InChI is InChI=1S/C17H19FN2O2S/c1-2-20-16(21)15(23-17(20)22)11-12-6-7-14(13(18)10-12)19-8-4-3-5-9-19/h6-7,10-11H,2-5,8-9H2,1H3/b15-11+. The molecule has 3 rings (SSSR count). The number of amides is 2. The number of nitrogens with zero attached hydrogens (tertiary/aromatic N) is 2. The fourth-order valence-electron chi connectivity index (χ4n) is 2.93. The lowest BCUT2D eigenvalue weighted by Crippen LogP contribution is -2.30. The minimum atomic E-state index is -0.303. The first-order valence-electron chi connectivity index (χ1n) is 7.90. The number of carbonyl (C=O) groups is 2. The molecular formula is C17H19FN2O2S. The highest BCUT2D eigenvalue weighted by atomic mass is 32.2. The third-order valence-corrected chi connectivity index (χ3v) is 5.06. The lowest BCUT2D eigenvalue weighted by atomic mass is 10.1. The maximum atomic E-state index is 14.4. The summed E-state index contributed by atoms with van der Waals surface area (Å²) in [5, 5.41) is -0.269. The van der Waals surface area contributed by atoms with E-state index in [1.54, 1.807) is 25.1 Å². The molecule has 0 aromatic heterocycles. The summed E-state index contributed by atoms with van der Waals surface area (Å²) in [4.78, 5) is 27.4. The monoisotopic (exact) mass is 334 g/mol. The molecule has 2 aliphatic rings. The van der Waals surface area contributed by atoms with Gasteiger partial charge in [0.05, 0.1) is 10.6 Å². The molecule has 2 aliphatic heterocycles. The summed E-state index contributed by atoms with van der Waals surface area (Å²) in [6, 6.07) is 4.99. The summed E-state index contributed by atoms with van der Waals surface area (Å²) in [6.45, 7) is 3.87. The Morgan fingerprint density at radius 2 is 1.96 bits per heavy atom. The molecule has 2 saturated heterocycles. The molecule has 0 bridgehead atoms. The van der Waals surface area contributed by atoms with Crippen LogP contribution < -0.4 is 4.90 Å². The van der Waals surface area contributed by atoms with Crippen LogP contribution in [0, 0.1) is 5.82 Å². The number of hydrogen-bond donors (Lipinski definition) is 0. The molecule has 2 amide bonds. The lowest BCUT2D eigenvalue weighted by molar-refractivity contribution is -0.122. The van der Waals surface area contributed by atoms with E-state index in [0.717, 1.165) is 37.7 Å². The number of likely N-dealkylation sites (N-methyl/N-ethyl adjacent to an activating group) is 1. The highest BCUT2D eigenvalue weighted by molar-refractivity contribution is 8.18. The first-order valence-corrected chi connectivity index (χ1v) is 8.71. The number of halogens is 1. The zero-order valence-corrected chi connectivity index (χ0v) is 13.9. The van der Waals surface area contributed by atoms with Crippen LogP contribution >= 0.6 is 11.8 Å². The zero-order chi connectivity index (χ0) is 16.4. The topological polar surface area (TPSA) is 40.6 Å². The lowest BCUT2D eigenvalue weighted by Gasteiger charge is -2.29. The van der Waals surface area contributed by atoms with Crippen molar-refractivity contribution in [3.63, 3.8) is 0 Å². The Balaban J connectivity index is 1.82. The summed E-state index contributed by atoms with van der Waals surface area (Å²) in [7, 11) is 0. The molecule has 4 nitrogen and oxygen atoms in total. The van der Waals surface area contributed by atoms with Gasteiger partial charge in [-0.15, -0.1) is 0 Å². The average molecular weight is 334 g/mol. The number of imide groups is 1. The van der Waals surface area contributed by atoms with Gasteiger partial charge < -0.3 is 4.90 Å². The maximum Gasteiger partial charge on any atom is 0.293 e. The second-order valence-corrected chi connectivity index (χ2v) is 6.68. The van der Waals surface area contributed by atoms with E-state index in [2.05, 4.69) is 4.90 Å². The van der Waals surface area contributed by atoms with Crippen molar-refractivity contribution in [1.29, 1.82) is 0 Å². The summed E-state index contributed by atoms with van der Waals surface area (Å²) < 4.78 is 14.4. The van der Waals surface area contributed by atoms with Gasteiger partial charge in [-0.05, 0) is 61.7 Å². The van der Waals surface area contributed by atoms with Gasteiger partial charge in [0, 0.05) is 19.6 Å². The van der Waals surface area contributed by atoms with Crippen molar-refractivity contribution in [2.75, 3.05) is 24.5 Å². The van der Waals surface area contributed by atoms with E-state index >= 15 is 0 Å². The third kappa shape index (κ3) is 3.27. The molecule has 2 fully saturated rings. The Labute approximate surface area is 139 Å². The maximum absolute atomic E-state index is 14.4. The number of hydrogen-bond acceptors (Lipinski definition) is 4. The summed E-state index contributed by atoms with van der Waals surface area (Å²) in [6.07, 6.45) is 4.96. The van der Waals surface area contributed by atoms with Gasteiger partial charge in [0.1, 0.15) is 5.82 Å². The second-order valence-electron chi connectivity index (χ2n) is 5.68. The molecule has 2 heterocycles. The van der Waals surface area contributed by atoms with Crippen LogP contribution in [0.3, 0.4) is 0 Å². The van der Waals surface area contributed by atoms with Crippen LogP contribution in [-0.4, -0.2) is 35.7 Å². The van der Waals surface area contributed by atoms with Gasteiger partial charge in [-0.3, -0.25) is 14.5 Å². The average Bonchev–Trinajstić information content (AvgIpc) is 2.82. The van der Waals surface area contributed by atoms with Crippen molar-refractivity contribution in [2.24, 2.45) is 0 Å². The first kappa shape index (κ1) is 16.1. The van der Waals surface area contributed by atoms with E-state index in [4.69, 9.17) is 0 Å². The van der Waals surface area contributed by atoms with Gasteiger partial charge >= 0.3 is 0 Å². The van der Waals surface area contributed by atoms with Crippen LogP contribution in [0.25, 0.3) is 6.08 Å². The van der Waals surface area contributed by atoms with Crippen LogP contribution in [0.15, 0.2) is 23.1 Å². The van der Waals surface area contributed by atoms with Crippen molar-refractivity contribution in [1.82, 2.24) is 4.90 Å². The quantitative estimate of drug-likeness (QED) is 0.787. The normalized spacial score (nSPS) is 20.7. The van der Waals surface area contributed by atoms with Gasteiger partial charge in [0.2, 0.25) is 0 Å². The van der Waals surface area contributed by atoms with Crippen LogP contribution in [-0.2, 0) is 4.79 Å². The molecule has 122 valence electrons. The fourth-order valence-corrected chi connectivity index (χ4v) is 3.83. The number of carbonyl (C=O) groups excluding carboxylic acids is 2. The van der Waals surface area contributed by atoms with Gasteiger partial charge in [-0.2, -0.15) is 0 Å². The summed E-state index contributed by atoms with van der Waals surface area (Å²) >= 11 is 0.905. The minimum Gasteiger partial charge on any atom is -0.369 e. The molecule has 0 radical (unpaired) electrons. The van der Waals surface area contributed by atoms with E-state index in [1.165, 1.54) is 17.4 Å². The highest BCUT2D eigenvalue weighted by Gasteiger charge is 2.33. The number of thioether (sulfide) groups is 1. The summed E-state index contributed by atoms with van der Waals surface area (Å²) in [5.41, 5.74) is 1.22. The van der Waals surface area contributed by atoms with E-state index < -0.39 is 0 Å². The van der Waals surface area contributed by atoms with E-state index in [0.29, 0.717) is 22.7 Å². The second kappa shape index (κ2) is 6.74. The molecule has 1 aromatic rings. The van der Waals surface area contributed by atoms with Gasteiger partial charge in [0.25, 0.3) is 11.1 Å². The number of benzene rings is 1. The third-order valence-electron chi connectivity index (χ3n) is 4.16. The highest BCUT2D eigenvalue weighted by Crippen LogP contribution is 2.32. The first-order chi connectivity index (χ1) is 11.1. The van der Waals surface area contributed by atoms with Crippen LogP contribution in [0.4, 0.5) is 14.9 Å². The van der Waals surface area contributed by atoms with Crippen molar-refractivity contribution >= 4 is 34.7 Å². The molecule has 1 aromatic carbocycles. The molecule has 0 saturated carbocycles. The molecule has 0 atom stereocenters. The van der Waals surface area contributed by atoms with Crippen LogP contribution in [0.2, 0.25) is 0 Å². The molecule has 0 unspecified atom stereocenters. The number of piperidine rings is 1. The van der Waals surface area contributed by atoms with Crippen molar-refractivity contribution in [3.05, 3.63) is 34.5 Å². The largest absolute Gasteiger partial charge is 0.369 e. The Morgan fingerprint density at radius 3 is 2.57 bits per heavy atom. The molecule has 0 spiro atoms. The Hall–Kier alpha value is -1.82. The van der Waals surface area contributed by atoms with Crippen LogP contribution in [0.5, 0.6) is 0 Å². The minimum absolute atomic E-state index is 0.269. The van der Waals surface area contributed by atoms with Crippen molar-refractivity contribution < 1.29 is 14.0 Å². The zero-order valence-electron chi connectivity index (χ0n) is 13.0. The fraction of sp³-hybridized carbons (Fsp3) is 0.412. The van der Waals surface area contributed by atoms with Crippen LogP contribution in [0.1, 0.15) is 31.7 Å². The predicted octanol–water partition coefficient (Wildman–Crippen LogP) is 3.87. The number of anilines is 1. The Kier molecular flexibility index (Phi) is 4.71. The molecular weight excluding hydrogens is 315 g/mol. The Morgan fingerprint density at radius 1 is 1.22 bits per heavy atom. The SMILES string of the molecule is CCN1C(=O)S/C(=C/c2ccc(N3CCCCC3)c(F)c2)C1=O. The number of rotatable bonds is 3. The smallest absolute Gasteiger partial charge is 0.293 e. The Bertz CT molecular complexity index is 669. The van der Waals surface area contributed by atoms with E-state index in [9.17, 15) is 14.0 Å². The van der Waals surface area contributed by atoms with Gasteiger partial charge in [0.15, 0.2) is 0 Å². The molecule has 23 heavy (non-hydrogen) atoms.